The van der Waals surface area contributed by atoms with Gasteiger partial charge in [0.05, 0.1) is 23.3 Å². The number of amides is 3. The SMILES string of the molecule is Cc1ccc(S(=O)(=O)NCc2ccco2)cc1C(=O)OCC(=O)NC(=O)NC(C)(C)C. The molecular weight excluding hydrogens is 426 g/mol. The summed E-state index contributed by atoms with van der Waals surface area (Å²) >= 11 is 0. The zero-order chi connectivity index (χ0) is 23.2. The lowest BCUT2D eigenvalue weighted by atomic mass is 10.1. The fraction of sp³-hybridized carbons (Fsp3) is 0.350. The molecule has 0 fully saturated rings. The summed E-state index contributed by atoms with van der Waals surface area (Å²) in [5.41, 5.74) is -0.108. The minimum Gasteiger partial charge on any atom is -0.468 e. The van der Waals surface area contributed by atoms with E-state index in [1.807, 2.05) is 5.32 Å². The van der Waals surface area contributed by atoms with E-state index >= 15 is 0 Å². The number of nitrogens with one attached hydrogen (secondary N) is 3. The number of carbonyl (C=O) groups excluding carboxylic acids is 3. The maximum absolute atomic E-state index is 12.5. The summed E-state index contributed by atoms with van der Waals surface area (Å²) in [7, 11) is -3.92. The van der Waals surface area contributed by atoms with Gasteiger partial charge in [-0.1, -0.05) is 6.07 Å². The predicted molar refractivity (Wildman–Crippen MR) is 111 cm³/mol. The fourth-order valence-electron chi connectivity index (χ4n) is 2.39. The number of rotatable bonds is 7. The molecule has 11 heteroatoms. The maximum atomic E-state index is 12.5. The van der Waals surface area contributed by atoms with Crippen molar-refractivity contribution in [2.75, 3.05) is 6.61 Å². The summed E-state index contributed by atoms with van der Waals surface area (Å²) < 4.78 is 37.4. The molecule has 0 saturated heterocycles. The van der Waals surface area contributed by atoms with Crippen molar-refractivity contribution in [3.63, 3.8) is 0 Å². The molecule has 2 aromatic rings. The van der Waals surface area contributed by atoms with Crippen molar-refractivity contribution in [2.45, 2.75) is 44.7 Å². The number of sulfonamides is 1. The highest BCUT2D eigenvalue weighted by molar-refractivity contribution is 7.89. The molecule has 31 heavy (non-hydrogen) atoms. The van der Waals surface area contributed by atoms with E-state index in [0.717, 1.165) is 6.07 Å². The second-order valence-corrected chi connectivity index (χ2v) is 9.48. The molecule has 2 rings (SSSR count). The summed E-state index contributed by atoms with van der Waals surface area (Å²) in [5, 5.41) is 4.58. The van der Waals surface area contributed by atoms with Crippen LogP contribution < -0.4 is 15.4 Å². The molecule has 0 saturated carbocycles. The second-order valence-electron chi connectivity index (χ2n) is 7.71. The zero-order valence-corrected chi connectivity index (χ0v) is 18.5. The lowest BCUT2D eigenvalue weighted by Crippen LogP contribution is -2.49. The number of ether oxygens (including phenoxy) is 1. The van der Waals surface area contributed by atoms with Crippen LogP contribution in [-0.2, 0) is 26.1 Å². The molecule has 3 amide bonds. The number of esters is 1. The Labute approximate surface area is 180 Å². The van der Waals surface area contributed by atoms with Gasteiger partial charge in [0.15, 0.2) is 6.61 Å². The average molecular weight is 452 g/mol. The van der Waals surface area contributed by atoms with Gasteiger partial charge in [0.25, 0.3) is 5.91 Å². The van der Waals surface area contributed by atoms with Gasteiger partial charge >= 0.3 is 12.0 Å². The van der Waals surface area contributed by atoms with E-state index < -0.39 is 40.1 Å². The summed E-state index contributed by atoms with van der Waals surface area (Å²) in [6.45, 7) is 6.06. The number of aryl methyl sites for hydroxylation is 1. The largest absolute Gasteiger partial charge is 0.468 e. The molecular formula is C20H25N3O7S. The molecule has 1 heterocycles. The van der Waals surface area contributed by atoms with Crippen LogP contribution in [0.25, 0.3) is 0 Å². The van der Waals surface area contributed by atoms with Crippen molar-refractivity contribution >= 4 is 27.9 Å². The molecule has 10 nitrogen and oxygen atoms in total. The van der Waals surface area contributed by atoms with Crippen LogP contribution in [0, 0.1) is 6.92 Å². The number of furan rings is 1. The Balaban J connectivity index is 2.01. The molecule has 0 aliphatic carbocycles. The molecule has 168 valence electrons. The van der Waals surface area contributed by atoms with Crippen LogP contribution in [0.1, 0.15) is 42.5 Å². The minimum atomic E-state index is -3.92. The Hall–Kier alpha value is -3.18. The Morgan fingerprint density at radius 2 is 1.84 bits per heavy atom. The number of hydrogen-bond donors (Lipinski definition) is 3. The summed E-state index contributed by atoms with van der Waals surface area (Å²) in [6, 6.07) is 6.49. The van der Waals surface area contributed by atoms with Crippen LogP contribution in [0.2, 0.25) is 0 Å². The lowest BCUT2D eigenvalue weighted by molar-refractivity contribution is -0.123. The van der Waals surface area contributed by atoms with E-state index in [1.54, 1.807) is 39.8 Å². The smallest absolute Gasteiger partial charge is 0.338 e. The molecule has 3 N–H and O–H groups in total. The first kappa shape index (κ1) is 24.1. The van der Waals surface area contributed by atoms with E-state index in [0.29, 0.717) is 11.3 Å². The Morgan fingerprint density at radius 1 is 1.13 bits per heavy atom. The summed E-state index contributed by atoms with van der Waals surface area (Å²) in [5.74, 6) is -1.29. The topological polar surface area (TPSA) is 144 Å². The third-order valence-corrected chi connectivity index (χ3v) is 5.23. The number of benzene rings is 1. The molecule has 0 atom stereocenters. The molecule has 0 aliphatic rings. The van der Waals surface area contributed by atoms with Crippen molar-refractivity contribution in [3.8, 4) is 0 Å². The number of carbonyl (C=O) groups is 3. The molecule has 0 aliphatic heterocycles. The van der Waals surface area contributed by atoms with Crippen LogP contribution in [-0.4, -0.2) is 38.5 Å². The second kappa shape index (κ2) is 9.75. The average Bonchev–Trinajstić information content (AvgIpc) is 3.17. The molecule has 1 aromatic heterocycles. The Bertz CT molecular complexity index is 1050. The minimum absolute atomic E-state index is 0.0205. The van der Waals surface area contributed by atoms with Crippen LogP contribution in [0.4, 0.5) is 4.79 Å². The van der Waals surface area contributed by atoms with Crippen molar-refractivity contribution < 1.29 is 32.0 Å². The van der Waals surface area contributed by atoms with E-state index in [-0.39, 0.29) is 17.0 Å². The van der Waals surface area contributed by atoms with E-state index in [9.17, 15) is 22.8 Å². The molecule has 0 bridgehead atoms. The van der Waals surface area contributed by atoms with Crippen molar-refractivity contribution in [1.29, 1.82) is 0 Å². The van der Waals surface area contributed by atoms with Gasteiger partial charge in [-0.3, -0.25) is 10.1 Å². The first-order chi connectivity index (χ1) is 14.4. The monoisotopic (exact) mass is 451 g/mol. The molecule has 0 unspecified atom stereocenters. The normalized spacial score (nSPS) is 11.6. The van der Waals surface area contributed by atoms with Crippen molar-refractivity contribution in [1.82, 2.24) is 15.4 Å². The number of urea groups is 1. The van der Waals surface area contributed by atoms with Gasteiger partial charge in [-0.25, -0.2) is 22.7 Å². The maximum Gasteiger partial charge on any atom is 0.338 e. The molecule has 1 aromatic carbocycles. The predicted octanol–water partition coefficient (Wildman–Crippen LogP) is 1.85. The van der Waals surface area contributed by atoms with Gasteiger partial charge in [0.1, 0.15) is 5.76 Å². The van der Waals surface area contributed by atoms with Gasteiger partial charge < -0.3 is 14.5 Å². The third kappa shape index (κ3) is 7.54. The van der Waals surface area contributed by atoms with E-state index in [4.69, 9.17) is 9.15 Å². The summed E-state index contributed by atoms with van der Waals surface area (Å²) in [6.07, 6.45) is 1.42. The zero-order valence-electron chi connectivity index (χ0n) is 17.6. The van der Waals surface area contributed by atoms with E-state index in [2.05, 4.69) is 10.0 Å². The van der Waals surface area contributed by atoms with Crippen LogP contribution in [0.3, 0.4) is 0 Å². The number of imide groups is 1. The number of hydrogen-bond acceptors (Lipinski definition) is 7. The van der Waals surface area contributed by atoms with E-state index in [1.165, 1.54) is 18.4 Å². The quantitative estimate of drug-likeness (QED) is 0.545. The van der Waals surface area contributed by atoms with Crippen LogP contribution in [0.15, 0.2) is 45.9 Å². The van der Waals surface area contributed by atoms with Crippen molar-refractivity contribution in [2.24, 2.45) is 0 Å². The molecule has 0 radical (unpaired) electrons. The van der Waals surface area contributed by atoms with Crippen molar-refractivity contribution in [3.05, 3.63) is 53.5 Å². The third-order valence-electron chi connectivity index (χ3n) is 3.83. The Kier molecular flexibility index (Phi) is 7.58. The molecule has 0 spiro atoms. The highest BCUT2D eigenvalue weighted by Crippen LogP contribution is 2.17. The fourth-order valence-corrected chi connectivity index (χ4v) is 3.41. The van der Waals surface area contributed by atoms with Gasteiger partial charge in [-0.05, 0) is 57.5 Å². The standard InChI is InChI=1S/C20H25N3O7S/c1-13-7-8-15(31(27,28)21-11-14-6-5-9-29-14)10-16(13)18(25)30-12-17(24)22-19(26)23-20(2,3)4/h5-10,21H,11-12H2,1-4H3,(H2,22,23,24,26). The van der Waals surface area contributed by atoms with Crippen LogP contribution in [0.5, 0.6) is 0 Å². The highest BCUT2D eigenvalue weighted by atomic mass is 32.2. The van der Waals surface area contributed by atoms with Gasteiger partial charge in [-0.15, -0.1) is 0 Å². The Morgan fingerprint density at radius 3 is 2.45 bits per heavy atom. The van der Waals surface area contributed by atoms with Gasteiger partial charge in [0, 0.05) is 5.54 Å². The first-order valence-corrected chi connectivity index (χ1v) is 10.8. The van der Waals surface area contributed by atoms with Crippen LogP contribution >= 0.6 is 0 Å². The van der Waals surface area contributed by atoms with Gasteiger partial charge in [-0.2, -0.15) is 0 Å². The first-order valence-electron chi connectivity index (χ1n) is 9.29. The summed E-state index contributed by atoms with van der Waals surface area (Å²) in [4.78, 5) is 35.7. The van der Waals surface area contributed by atoms with Gasteiger partial charge in [0.2, 0.25) is 10.0 Å². The lowest BCUT2D eigenvalue weighted by Gasteiger charge is -2.20. The highest BCUT2D eigenvalue weighted by Gasteiger charge is 2.21.